The van der Waals surface area contributed by atoms with E-state index in [1.807, 2.05) is 31.2 Å². The van der Waals surface area contributed by atoms with Gasteiger partial charge in [0.25, 0.3) is 5.91 Å². The second-order valence-corrected chi connectivity index (χ2v) is 5.03. The van der Waals surface area contributed by atoms with E-state index < -0.39 is 5.97 Å². The number of ether oxygens (including phenoxy) is 2. The Bertz CT molecular complexity index is 680. The molecule has 23 heavy (non-hydrogen) atoms. The number of esters is 1. The fourth-order valence-electron chi connectivity index (χ4n) is 1.98. The maximum Gasteiger partial charge on any atom is 0.325 e. The monoisotopic (exact) mass is 313 g/mol. The van der Waals surface area contributed by atoms with Gasteiger partial charge in [0.05, 0.1) is 12.7 Å². The number of benzene rings is 2. The molecular formula is C18H19NO4. The molecule has 2 aromatic rings. The van der Waals surface area contributed by atoms with Gasteiger partial charge in [-0.05, 0) is 24.6 Å². The van der Waals surface area contributed by atoms with E-state index in [-0.39, 0.29) is 19.1 Å². The molecular weight excluding hydrogens is 294 g/mol. The van der Waals surface area contributed by atoms with Gasteiger partial charge >= 0.3 is 5.97 Å². The highest BCUT2D eigenvalue weighted by Gasteiger charge is 2.13. The molecule has 0 unspecified atom stereocenters. The van der Waals surface area contributed by atoms with Crippen molar-refractivity contribution in [2.24, 2.45) is 0 Å². The van der Waals surface area contributed by atoms with Crippen LogP contribution >= 0.6 is 0 Å². The van der Waals surface area contributed by atoms with Crippen molar-refractivity contribution >= 4 is 11.9 Å². The molecule has 0 heterocycles. The Kier molecular flexibility index (Phi) is 5.74. The van der Waals surface area contributed by atoms with Crippen LogP contribution in [0, 0.1) is 6.92 Å². The van der Waals surface area contributed by atoms with E-state index in [0.717, 1.165) is 11.1 Å². The quantitative estimate of drug-likeness (QED) is 0.832. The molecule has 0 aromatic heterocycles. The van der Waals surface area contributed by atoms with E-state index in [0.29, 0.717) is 11.3 Å². The van der Waals surface area contributed by atoms with Gasteiger partial charge < -0.3 is 14.8 Å². The Labute approximate surface area is 135 Å². The number of carbonyl (C=O) groups is 2. The molecule has 0 aliphatic carbocycles. The molecule has 0 fully saturated rings. The fourth-order valence-corrected chi connectivity index (χ4v) is 1.98. The number of rotatable bonds is 6. The van der Waals surface area contributed by atoms with E-state index in [9.17, 15) is 9.59 Å². The van der Waals surface area contributed by atoms with Crippen LogP contribution in [0.25, 0.3) is 0 Å². The normalized spacial score (nSPS) is 10.0. The first-order valence-electron chi connectivity index (χ1n) is 7.22. The van der Waals surface area contributed by atoms with Crippen molar-refractivity contribution in [1.82, 2.24) is 5.32 Å². The summed E-state index contributed by atoms with van der Waals surface area (Å²) in [6.45, 7) is 1.98. The van der Waals surface area contributed by atoms with E-state index in [1.54, 1.807) is 24.3 Å². The van der Waals surface area contributed by atoms with E-state index in [1.165, 1.54) is 7.11 Å². The molecule has 0 saturated heterocycles. The zero-order valence-corrected chi connectivity index (χ0v) is 13.2. The first kappa shape index (κ1) is 16.5. The lowest BCUT2D eigenvalue weighted by atomic mass is 10.2. The number of hydrogen-bond donors (Lipinski definition) is 1. The number of methoxy groups -OCH3 is 1. The number of hydrogen-bond acceptors (Lipinski definition) is 4. The lowest BCUT2D eigenvalue weighted by molar-refractivity contribution is -0.143. The second kappa shape index (κ2) is 7.98. The fraction of sp³-hybridized carbons (Fsp3) is 0.222. The summed E-state index contributed by atoms with van der Waals surface area (Å²) in [7, 11) is 1.49. The summed E-state index contributed by atoms with van der Waals surface area (Å²) in [6, 6.07) is 14.5. The third-order valence-electron chi connectivity index (χ3n) is 3.27. The molecule has 120 valence electrons. The molecule has 0 spiro atoms. The van der Waals surface area contributed by atoms with Gasteiger partial charge in [-0.2, -0.15) is 0 Å². The molecule has 1 N–H and O–H groups in total. The highest BCUT2D eigenvalue weighted by atomic mass is 16.5. The van der Waals surface area contributed by atoms with Gasteiger partial charge in [0.2, 0.25) is 0 Å². The van der Waals surface area contributed by atoms with Crippen molar-refractivity contribution in [1.29, 1.82) is 0 Å². The van der Waals surface area contributed by atoms with E-state index >= 15 is 0 Å². The van der Waals surface area contributed by atoms with Crippen molar-refractivity contribution in [3.05, 3.63) is 65.2 Å². The van der Waals surface area contributed by atoms with Gasteiger partial charge in [0, 0.05) is 0 Å². The summed E-state index contributed by atoms with van der Waals surface area (Å²) in [5, 5.41) is 2.53. The SMILES string of the molecule is COc1ccccc1C(=O)NCC(=O)OCc1ccc(C)cc1. The Hall–Kier alpha value is -2.82. The third kappa shape index (κ3) is 4.85. The Morgan fingerprint density at radius 3 is 2.43 bits per heavy atom. The lowest BCUT2D eigenvalue weighted by Crippen LogP contribution is -2.30. The highest BCUT2D eigenvalue weighted by molar-refractivity contribution is 5.98. The molecule has 2 rings (SSSR count). The molecule has 0 aliphatic rings. The Morgan fingerprint density at radius 1 is 1.04 bits per heavy atom. The maximum absolute atomic E-state index is 12.0. The summed E-state index contributed by atoms with van der Waals surface area (Å²) in [5.74, 6) is -0.415. The van der Waals surface area contributed by atoms with Crippen molar-refractivity contribution in [2.75, 3.05) is 13.7 Å². The predicted molar refractivity (Wildman–Crippen MR) is 86.3 cm³/mol. The standard InChI is InChI=1S/C18H19NO4/c1-13-7-9-14(10-8-13)12-23-17(20)11-19-18(21)15-5-3-4-6-16(15)22-2/h3-10H,11-12H2,1-2H3,(H,19,21). The number of aryl methyl sites for hydroxylation is 1. The first-order valence-corrected chi connectivity index (χ1v) is 7.22. The molecule has 5 nitrogen and oxygen atoms in total. The molecule has 0 aliphatic heterocycles. The number of para-hydroxylation sites is 1. The minimum atomic E-state index is -0.492. The number of nitrogens with one attached hydrogen (secondary N) is 1. The molecule has 0 saturated carbocycles. The van der Waals surface area contributed by atoms with Crippen LogP contribution in [0.2, 0.25) is 0 Å². The summed E-state index contributed by atoms with van der Waals surface area (Å²) < 4.78 is 10.2. The van der Waals surface area contributed by atoms with Crippen LogP contribution in [0.4, 0.5) is 0 Å². The minimum absolute atomic E-state index is 0.184. The van der Waals surface area contributed by atoms with Gasteiger partial charge in [-0.25, -0.2) is 0 Å². The van der Waals surface area contributed by atoms with Gasteiger partial charge in [-0.3, -0.25) is 9.59 Å². The first-order chi connectivity index (χ1) is 11.1. The smallest absolute Gasteiger partial charge is 0.325 e. The average Bonchev–Trinajstić information content (AvgIpc) is 2.59. The zero-order chi connectivity index (χ0) is 16.7. The zero-order valence-electron chi connectivity index (χ0n) is 13.2. The molecule has 0 bridgehead atoms. The van der Waals surface area contributed by atoms with Crippen molar-refractivity contribution < 1.29 is 19.1 Å². The van der Waals surface area contributed by atoms with Crippen LogP contribution < -0.4 is 10.1 Å². The average molecular weight is 313 g/mol. The molecule has 1 amide bonds. The van der Waals surface area contributed by atoms with Gasteiger partial charge in [-0.15, -0.1) is 0 Å². The summed E-state index contributed by atoms with van der Waals surface area (Å²) in [5.41, 5.74) is 2.42. The summed E-state index contributed by atoms with van der Waals surface area (Å²) in [6.07, 6.45) is 0. The van der Waals surface area contributed by atoms with Gasteiger partial charge in [-0.1, -0.05) is 42.0 Å². The van der Waals surface area contributed by atoms with Crippen LogP contribution in [-0.4, -0.2) is 25.5 Å². The molecule has 0 radical (unpaired) electrons. The second-order valence-electron chi connectivity index (χ2n) is 5.03. The van der Waals surface area contributed by atoms with Gasteiger partial charge in [0.1, 0.15) is 18.9 Å². The van der Waals surface area contributed by atoms with Gasteiger partial charge in [0.15, 0.2) is 0 Å². The summed E-state index contributed by atoms with van der Waals surface area (Å²) in [4.78, 5) is 23.7. The largest absolute Gasteiger partial charge is 0.496 e. The lowest BCUT2D eigenvalue weighted by Gasteiger charge is -2.09. The topological polar surface area (TPSA) is 64.6 Å². The summed E-state index contributed by atoms with van der Waals surface area (Å²) >= 11 is 0. The Balaban J connectivity index is 1.82. The minimum Gasteiger partial charge on any atom is -0.496 e. The van der Waals surface area contributed by atoms with E-state index in [4.69, 9.17) is 9.47 Å². The van der Waals surface area contributed by atoms with Crippen molar-refractivity contribution in [2.45, 2.75) is 13.5 Å². The highest BCUT2D eigenvalue weighted by Crippen LogP contribution is 2.16. The Morgan fingerprint density at radius 2 is 1.74 bits per heavy atom. The third-order valence-corrected chi connectivity index (χ3v) is 3.27. The molecule has 0 atom stereocenters. The van der Waals surface area contributed by atoms with E-state index in [2.05, 4.69) is 5.32 Å². The maximum atomic E-state index is 12.0. The number of carbonyl (C=O) groups excluding carboxylic acids is 2. The molecule has 5 heteroatoms. The van der Waals surface area contributed by atoms with Crippen LogP contribution in [0.5, 0.6) is 5.75 Å². The molecule has 2 aromatic carbocycles. The number of amides is 1. The predicted octanol–water partition coefficient (Wildman–Crippen LogP) is 2.48. The van der Waals surface area contributed by atoms with Crippen LogP contribution in [-0.2, 0) is 16.1 Å². The van der Waals surface area contributed by atoms with Crippen LogP contribution in [0.15, 0.2) is 48.5 Å². The van der Waals surface area contributed by atoms with Crippen molar-refractivity contribution in [3.63, 3.8) is 0 Å². The van der Waals surface area contributed by atoms with Crippen molar-refractivity contribution in [3.8, 4) is 5.75 Å². The van der Waals surface area contributed by atoms with Crippen LogP contribution in [0.1, 0.15) is 21.5 Å². The van der Waals surface area contributed by atoms with Crippen LogP contribution in [0.3, 0.4) is 0 Å².